The van der Waals surface area contributed by atoms with Crippen LogP contribution in [0.4, 0.5) is 0 Å². The quantitative estimate of drug-likeness (QED) is 0.244. The van der Waals surface area contributed by atoms with Crippen LogP contribution in [0.2, 0.25) is 0 Å². The molecule has 2 heterocycles. The van der Waals surface area contributed by atoms with Crippen molar-refractivity contribution in [1.82, 2.24) is 9.13 Å². The number of carbonyl (C=O) groups is 1. The Labute approximate surface area is 208 Å². The molecule has 0 aliphatic carbocycles. The van der Waals surface area contributed by atoms with Crippen LogP contribution < -0.4 is 0 Å². The molecule has 0 saturated carbocycles. The first-order chi connectivity index (χ1) is 17.8. The Kier molecular flexibility index (Phi) is 4.61. The molecular weight excluding hydrogens is 440 g/mol. The molecule has 0 aliphatic rings. The standard InChI is InChI=1S/C33H22N2O/c36-33(23-9-3-1-4-10-23)24-15-17-27(18-16-24)35-30-14-8-7-13-28(30)29-22-31-25(21-32(29)35)19-20-34(31)26-11-5-2-6-12-26/h1-22H. The fourth-order valence-electron chi connectivity index (χ4n) is 5.21. The molecule has 0 fully saturated rings. The van der Waals surface area contributed by atoms with Gasteiger partial charge in [-0.2, -0.15) is 0 Å². The van der Waals surface area contributed by atoms with Gasteiger partial charge in [0.2, 0.25) is 0 Å². The van der Waals surface area contributed by atoms with E-state index in [0.29, 0.717) is 11.1 Å². The second-order valence-electron chi connectivity index (χ2n) is 9.04. The van der Waals surface area contributed by atoms with Crippen LogP contribution in [-0.4, -0.2) is 14.9 Å². The van der Waals surface area contributed by atoms with Gasteiger partial charge in [0, 0.05) is 44.9 Å². The molecule has 5 aromatic carbocycles. The summed E-state index contributed by atoms with van der Waals surface area (Å²) in [5.74, 6) is 0.0355. The van der Waals surface area contributed by atoms with E-state index in [9.17, 15) is 4.79 Å². The van der Waals surface area contributed by atoms with Gasteiger partial charge in [0.05, 0.1) is 16.6 Å². The van der Waals surface area contributed by atoms with Crippen molar-refractivity contribution in [3.8, 4) is 11.4 Å². The van der Waals surface area contributed by atoms with E-state index in [2.05, 4.69) is 82.1 Å². The van der Waals surface area contributed by atoms with Crippen LogP contribution >= 0.6 is 0 Å². The van der Waals surface area contributed by atoms with Gasteiger partial charge in [-0.05, 0) is 60.7 Å². The summed E-state index contributed by atoms with van der Waals surface area (Å²) in [6, 6.07) is 43.1. The second kappa shape index (κ2) is 8.10. The lowest BCUT2D eigenvalue weighted by atomic mass is 10.0. The van der Waals surface area contributed by atoms with Gasteiger partial charge in [-0.1, -0.05) is 66.7 Å². The molecule has 0 amide bonds. The summed E-state index contributed by atoms with van der Waals surface area (Å²) in [6.45, 7) is 0. The molecule has 0 bridgehead atoms. The highest BCUT2D eigenvalue weighted by Gasteiger charge is 2.16. The Bertz CT molecular complexity index is 1880. The monoisotopic (exact) mass is 462 g/mol. The highest BCUT2D eigenvalue weighted by molar-refractivity contribution is 6.13. The van der Waals surface area contributed by atoms with Crippen molar-refractivity contribution in [2.75, 3.05) is 0 Å². The fourth-order valence-corrected chi connectivity index (χ4v) is 5.21. The molecule has 0 aliphatic heterocycles. The van der Waals surface area contributed by atoms with Crippen molar-refractivity contribution in [3.63, 3.8) is 0 Å². The number of rotatable bonds is 4. The molecule has 3 heteroatoms. The third-order valence-electron chi connectivity index (χ3n) is 6.94. The molecule has 0 unspecified atom stereocenters. The van der Waals surface area contributed by atoms with Crippen LogP contribution in [0, 0.1) is 0 Å². The number of aromatic nitrogens is 2. The Morgan fingerprint density at radius 3 is 1.94 bits per heavy atom. The van der Waals surface area contributed by atoms with Crippen LogP contribution in [0.1, 0.15) is 15.9 Å². The molecule has 3 nitrogen and oxygen atoms in total. The Hall–Kier alpha value is -4.89. The number of para-hydroxylation sites is 2. The SMILES string of the molecule is O=C(c1ccccc1)c1ccc(-n2c3ccccc3c3cc4c(ccn4-c4ccccc4)cc32)cc1. The Morgan fingerprint density at radius 1 is 0.500 bits per heavy atom. The molecule has 0 atom stereocenters. The molecule has 0 saturated heterocycles. The van der Waals surface area contributed by atoms with Gasteiger partial charge < -0.3 is 9.13 Å². The predicted octanol–water partition coefficient (Wildman–Crippen LogP) is 7.96. The van der Waals surface area contributed by atoms with Gasteiger partial charge in [0.1, 0.15) is 0 Å². The number of nitrogens with zero attached hydrogens (tertiary/aromatic N) is 2. The average Bonchev–Trinajstić information content (AvgIpc) is 3.51. The number of carbonyl (C=O) groups excluding carboxylic acids is 1. The Balaban J connectivity index is 1.41. The van der Waals surface area contributed by atoms with E-state index in [-0.39, 0.29) is 5.78 Å². The van der Waals surface area contributed by atoms with Crippen molar-refractivity contribution in [1.29, 1.82) is 0 Å². The lowest BCUT2D eigenvalue weighted by Gasteiger charge is -2.10. The Morgan fingerprint density at radius 2 is 1.17 bits per heavy atom. The highest BCUT2D eigenvalue weighted by Crippen LogP contribution is 2.35. The summed E-state index contributed by atoms with van der Waals surface area (Å²) in [5, 5.41) is 3.60. The largest absolute Gasteiger partial charge is 0.317 e. The first kappa shape index (κ1) is 20.5. The minimum Gasteiger partial charge on any atom is -0.317 e. The number of ketones is 1. The third kappa shape index (κ3) is 3.18. The average molecular weight is 463 g/mol. The van der Waals surface area contributed by atoms with Crippen molar-refractivity contribution in [2.24, 2.45) is 0 Å². The molecule has 7 aromatic rings. The molecular formula is C33H22N2O. The van der Waals surface area contributed by atoms with Gasteiger partial charge in [0.25, 0.3) is 0 Å². The number of fused-ring (bicyclic) bond motifs is 4. The lowest BCUT2D eigenvalue weighted by molar-refractivity contribution is 0.103. The smallest absolute Gasteiger partial charge is 0.193 e. The molecule has 0 radical (unpaired) electrons. The van der Waals surface area contributed by atoms with E-state index in [1.54, 1.807) is 0 Å². The third-order valence-corrected chi connectivity index (χ3v) is 6.94. The van der Waals surface area contributed by atoms with Crippen molar-refractivity contribution in [2.45, 2.75) is 0 Å². The molecule has 170 valence electrons. The zero-order valence-corrected chi connectivity index (χ0v) is 19.5. The zero-order chi connectivity index (χ0) is 24.1. The zero-order valence-electron chi connectivity index (χ0n) is 19.5. The van der Waals surface area contributed by atoms with Gasteiger partial charge in [-0.15, -0.1) is 0 Å². The molecule has 2 aromatic heterocycles. The first-order valence-electron chi connectivity index (χ1n) is 12.1. The summed E-state index contributed by atoms with van der Waals surface area (Å²) in [5.41, 5.74) is 7.05. The normalized spacial score (nSPS) is 11.4. The van der Waals surface area contributed by atoms with Crippen molar-refractivity contribution < 1.29 is 4.79 Å². The van der Waals surface area contributed by atoms with Crippen LogP contribution in [0.15, 0.2) is 134 Å². The maximum atomic E-state index is 12.9. The van der Waals surface area contributed by atoms with Crippen LogP contribution in [0.3, 0.4) is 0 Å². The molecule has 0 spiro atoms. The lowest BCUT2D eigenvalue weighted by Crippen LogP contribution is -2.01. The number of benzene rings is 5. The van der Waals surface area contributed by atoms with Crippen molar-refractivity contribution in [3.05, 3.63) is 145 Å². The minimum atomic E-state index is 0.0355. The first-order valence-corrected chi connectivity index (χ1v) is 12.1. The molecule has 7 rings (SSSR count). The van der Waals surface area contributed by atoms with Crippen LogP contribution in [0.5, 0.6) is 0 Å². The number of hydrogen-bond acceptors (Lipinski definition) is 1. The topological polar surface area (TPSA) is 26.9 Å². The second-order valence-corrected chi connectivity index (χ2v) is 9.04. The summed E-state index contributed by atoms with van der Waals surface area (Å²) >= 11 is 0. The molecule has 0 N–H and O–H groups in total. The maximum Gasteiger partial charge on any atom is 0.193 e. The minimum absolute atomic E-state index is 0.0355. The predicted molar refractivity (Wildman–Crippen MR) is 147 cm³/mol. The molecule has 36 heavy (non-hydrogen) atoms. The van der Waals surface area contributed by atoms with E-state index in [1.165, 1.54) is 21.7 Å². The van der Waals surface area contributed by atoms with E-state index in [0.717, 1.165) is 22.4 Å². The van der Waals surface area contributed by atoms with E-state index in [1.807, 2.05) is 60.7 Å². The van der Waals surface area contributed by atoms with Gasteiger partial charge >= 0.3 is 0 Å². The van der Waals surface area contributed by atoms with Crippen molar-refractivity contribution >= 4 is 38.5 Å². The van der Waals surface area contributed by atoms with Crippen LogP contribution in [0.25, 0.3) is 44.1 Å². The van der Waals surface area contributed by atoms with Gasteiger partial charge in [-0.25, -0.2) is 0 Å². The summed E-state index contributed by atoms with van der Waals surface area (Å²) < 4.78 is 4.53. The van der Waals surface area contributed by atoms with E-state index < -0.39 is 0 Å². The number of hydrogen-bond donors (Lipinski definition) is 0. The van der Waals surface area contributed by atoms with Gasteiger partial charge in [0.15, 0.2) is 5.78 Å². The van der Waals surface area contributed by atoms with E-state index in [4.69, 9.17) is 0 Å². The fraction of sp³-hybridized carbons (Fsp3) is 0. The van der Waals surface area contributed by atoms with Gasteiger partial charge in [-0.3, -0.25) is 4.79 Å². The van der Waals surface area contributed by atoms with Crippen LogP contribution in [-0.2, 0) is 0 Å². The highest BCUT2D eigenvalue weighted by atomic mass is 16.1. The summed E-state index contributed by atoms with van der Waals surface area (Å²) in [7, 11) is 0. The van der Waals surface area contributed by atoms with E-state index >= 15 is 0 Å². The summed E-state index contributed by atoms with van der Waals surface area (Å²) in [6.07, 6.45) is 2.13. The summed E-state index contributed by atoms with van der Waals surface area (Å²) in [4.78, 5) is 12.9. The maximum absolute atomic E-state index is 12.9.